The molecular weight excluding hydrogens is 308 g/mol. The van der Waals surface area contributed by atoms with E-state index in [-0.39, 0.29) is 12.0 Å². The molecule has 3 aliphatic heterocycles. The number of hydrogen-bond acceptors (Lipinski definition) is 6. The number of carbonyl (C=O) groups excluding carboxylic acids is 1. The van der Waals surface area contributed by atoms with Crippen molar-refractivity contribution in [3.05, 3.63) is 17.6 Å². The maximum Gasteiger partial charge on any atom is 0.251 e. The Bertz CT molecular complexity index is 597. The quantitative estimate of drug-likeness (QED) is 0.782. The number of fused-ring (bicyclic) bond motifs is 1. The van der Waals surface area contributed by atoms with Crippen LogP contribution in [0.1, 0.15) is 24.1 Å². The van der Waals surface area contributed by atoms with Crippen LogP contribution in [-0.2, 0) is 27.1 Å². The van der Waals surface area contributed by atoms with Crippen LogP contribution in [0.25, 0.3) is 0 Å². The standard InChI is InChI=1S/C17H24N4O3/c22-17(15-2-1-9-24-15)21-5-3-13-14(4-6-21)18-12-19-16(13)20-7-10-23-11-8-20/h12,15H,1-11H2/t15-/m1/s1. The van der Waals surface area contributed by atoms with E-state index in [1.807, 2.05) is 4.90 Å². The zero-order valence-electron chi connectivity index (χ0n) is 13.9. The van der Waals surface area contributed by atoms with Gasteiger partial charge in [-0.1, -0.05) is 0 Å². The molecule has 0 N–H and O–H groups in total. The smallest absolute Gasteiger partial charge is 0.251 e. The molecule has 1 aromatic heterocycles. The van der Waals surface area contributed by atoms with E-state index in [9.17, 15) is 4.79 Å². The van der Waals surface area contributed by atoms with Gasteiger partial charge in [0.15, 0.2) is 0 Å². The monoisotopic (exact) mass is 332 g/mol. The number of anilines is 1. The van der Waals surface area contributed by atoms with Crippen molar-refractivity contribution < 1.29 is 14.3 Å². The minimum absolute atomic E-state index is 0.140. The van der Waals surface area contributed by atoms with Crippen LogP contribution in [0.15, 0.2) is 6.33 Å². The Morgan fingerprint density at radius 1 is 1.08 bits per heavy atom. The van der Waals surface area contributed by atoms with Crippen LogP contribution in [0.3, 0.4) is 0 Å². The number of nitrogens with zero attached hydrogens (tertiary/aromatic N) is 4. The summed E-state index contributed by atoms with van der Waals surface area (Å²) in [7, 11) is 0. The first-order valence-corrected chi connectivity index (χ1v) is 8.89. The molecule has 0 aliphatic carbocycles. The van der Waals surface area contributed by atoms with Crippen LogP contribution < -0.4 is 4.90 Å². The Morgan fingerprint density at radius 3 is 2.71 bits per heavy atom. The van der Waals surface area contributed by atoms with Crippen molar-refractivity contribution in [2.75, 3.05) is 50.9 Å². The van der Waals surface area contributed by atoms with Gasteiger partial charge in [0, 0.05) is 44.8 Å². The van der Waals surface area contributed by atoms with E-state index in [2.05, 4.69) is 14.9 Å². The Morgan fingerprint density at radius 2 is 1.92 bits per heavy atom. The van der Waals surface area contributed by atoms with Crippen molar-refractivity contribution in [3.63, 3.8) is 0 Å². The summed E-state index contributed by atoms with van der Waals surface area (Å²) in [5, 5.41) is 0. The summed E-state index contributed by atoms with van der Waals surface area (Å²) in [6.45, 7) is 5.34. The number of amides is 1. The fraction of sp³-hybridized carbons (Fsp3) is 0.706. The lowest BCUT2D eigenvalue weighted by atomic mass is 10.1. The van der Waals surface area contributed by atoms with Crippen molar-refractivity contribution in [1.29, 1.82) is 0 Å². The molecule has 1 aromatic rings. The molecule has 1 atom stereocenters. The van der Waals surface area contributed by atoms with Crippen LogP contribution in [0.2, 0.25) is 0 Å². The van der Waals surface area contributed by atoms with Crippen LogP contribution in [-0.4, -0.2) is 72.9 Å². The van der Waals surface area contributed by atoms with E-state index in [1.165, 1.54) is 5.56 Å². The van der Waals surface area contributed by atoms with Gasteiger partial charge >= 0.3 is 0 Å². The fourth-order valence-electron chi connectivity index (χ4n) is 3.75. The highest BCUT2D eigenvalue weighted by molar-refractivity contribution is 5.81. The van der Waals surface area contributed by atoms with Gasteiger partial charge in [0.25, 0.3) is 5.91 Å². The van der Waals surface area contributed by atoms with E-state index in [4.69, 9.17) is 9.47 Å². The number of morpholine rings is 1. The van der Waals surface area contributed by atoms with Crippen LogP contribution in [0, 0.1) is 0 Å². The van der Waals surface area contributed by atoms with Gasteiger partial charge in [-0.15, -0.1) is 0 Å². The summed E-state index contributed by atoms with van der Waals surface area (Å²) in [6.07, 6.45) is 4.84. The molecule has 0 radical (unpaired) electrons. The molecule has 130 valence electrons. The predicted octanol–water partition coefficient (Wildman–Crippen LogP) is 0.419. The first-order valence-electron chi connectivity index (χ1n) is 8.89. The number of rotatable bonds is 2. The average Bonchev–Trinajstić information content (AvgIpc) is 3.08. The molecule has 7 heteroatoms. The van der Waals surface area contributed by atoms with Crippen molar-refractivity contribution >= 4 is 11.7 Å². The van der Waals surface area contributed by atoms with Crippen LogP contribution in [0.4, 0.5) is 5.82 Å². The van der Waals surface area contributed by atoms with Gasteiger partial charge in [-0.2, -0.15) is 0 Å². The minimum atomic E-state index is -0.240. The molecule has 0 unspecified atom stereocenters. The first kappa shape index (κ1) is 15.8. The Labute approximate surface area is 142 Å². The highest BCUT2D eigenvalue weighted by Gasteiger charge is 2.30. The normalized spacial score (nSPS) is 24.6. The third-order valence-electron chi connectivity index (χ3n) is 5.09. The van der Waals surface area contributed by atoms with Gasteiger partial charge in [0.05, 0.1) is 18.9 Å². The summed E-state index contributed by atoms with van der Waals surface area (Å²) in [6, 6.07) is 0. The largest absolute Gasteiger partial charge is 0.378 e. The van der Waals surface area contributed by atoms with Crippen LogP contribution in [0.5, 0.6) is 0 Å². The van der Waals surface area contributed by atoms with Crippen LogP contribution >= 0.6 is 0 Å². The summed E-state index contributed by atoms with van der Waals surface area (Å²) < 4.78 is 11.0. The molecule has 2 fully saturated rings. The summed E-state index contributed by atoms with van der Waals surface area (Å²) in [5.74, 6) is 1.16. The van der Waals surface area contributed by atoms with Gasteiger partial charge in [-0.05, 0) is 19.3 Å². The van der Waals surface area contributed by atoms with Crippen molar-refractivity contribution in [2.45, 2.75) is 31.8 Å². The van der Waals surface area contributed by atoms with E-state index in [0.717, 1.165) is 70.0 Å². The molecular formula is C17H24N4O3. The molecule has 1 amide bonds. The Balaban J connectivity index is 1.51. The van der Waals surface area contributed by atoms with Gasteiger partial charge in [-0.25, -0.2) is 9.97 Å². The number of hydrogen-bond donors (Lipinski definition) is 0. The van der Waals surface area contributed by atoms with Gasteiger partial charge < -0.3 is 19.3 Å². The highest BCUT2D eigenvalue weighted by atomic mass is 16.5. The second kappa shape index (κ2) is 7.03. The second-order valence-electron chi connectivity index (χ2n) is 6.55. The molecule has 0 spiro atoms. The average molecular weight is 332 g/mol. The molecule has 4 heterocycles. The zero-order valence-corrected chi connectivity index (χ0v) is 13.9. The predicted molar refractivity (Wildman–Crippen MR) is 88.0 cm³/mol. The van der Waals surface area contributed by atoms with E-state index in [1.54, 1.807) is 6.33 Å². The summed E-state index contributed by atoms with van der Waals surface area (Å²) in [5.41, 5.74) is 2.27. The molecule has 7 nitrogen and oxygen atoms in total. The molecule has 0 aromatic carbocycles. The van der Waals surface area contributed by atoms with Gasteiger partial charge in [0.2, 0.25) is 0 Å². The lowest BCUT2D eigenvalue weighted by Gasteiger charge is -2.29. The van der Waals surface area contributed by atoms with E-state index >= 15 is 0 Å². The summed E-state index contributed by atoms with van der Waals surface area (Å²) >= 11 is 0. The number of carbonyl (C=O) groups is 1. The molecule has 4 rings (SSSR count). The minimum Gasteiger partial charge on any atom is -0.378 e. The second-order valence-corrected chi connectivity index (χ2v) is 6.55. The highest BCUT2D eigenvalue weighted by Crippen LogP contribution is 2.25. The maximum atomic E-state index is 12.6. The fourth-order valence-corrected chi connectivity index (χ4v) is 3.75. The zero-order chi connectivity index (χ0) is 16.4. The van der Waals surface area contributed by atoms with Gasteiger partial charge in [-0.3, -0.25) is 4.79 Å². The topological polar surface area (TPSA) is 67.8 Å². The Hall–Kier alpha value is -1.73. The number of ether oxygens (including phenoxy) is 2. The van der Waals surface area contributed by atoms with E-state index < -0.39 is 0 Å². The third kappa shape index (κ3) is 3.10. The molecule has 0 bridgehead atoms. The Kier molecular flexibility index (Phi) is 4.62. The van der Waals surface area contributed by atoms with E-state index in [0.29, 0.717) is 13.2 Å². The van der Waals surface area contributed by atoms with Crippen molar-refractivity contribution in [3.8, 4) is 0 Å². The number of aromatic nitrogens is 2. The molecule has 2 saturated heterocycles. The molecule has 24 heavy (non-hydrogen) atoms. The SMILES string of the molecule is O=C([C@H]1CCCO1)N1CCc2ncnc(N3CCOCC3)c2CC1. The van der Waals surface area contributed by atoms with Crippen molar-refractivity contribution in [1.82, 2.24) is 14.9 Å². The van der Waals surface area contributed by atoms with Gasteiger partial charge in [0.1, 0.15) is 18.2 Å². The molecule has 0 saturated carbocycles. The summed E-state index contributed by atoms with van der Waals surface area (Å²) in [4.78, 5) is 25.9. The first-order chi connectivity index (χ1) is 11.8. The molecule has 3 aliphatic rings. The third-order valence-corrected chi connectivity index (χ3v) is 5.09. The lowest BCUT2D eigenvalue weighted by molar-refractivity contribution is -0.140. The van der Waals surface area contributed by atoms with Crippen molar-refractivity contribution in [2.24, 2.45) is 0 Å². The lowest BCUT2D eigenvalue weighted by Crippen LogP contribution is -2.40. The maximum absolute atomic E-state index is 12.6.